The minimum Gasteiger partial charge on any atom is -0.489 e. The molecule has 3 nitrogen and oxygen atoms in total. The zero-order chi connectivity index (χ0) is 23.2. The quantitative estimate of drug-likeness (QED) is 0.281. The van der Waals surface area contributed by atoms with Crippen LogP contribution in [0, 0.1) is 0 Å². The van der Waals surface area contributed by atoms with Gasteiger partial charge in [-0.15, -0.1) is 0 Å². The average Bonchev–Trinajstić information content (AvgIpc) is 2.91. The Balaban J connectivity index is 1.45. The van der Waals surface area contributed by atoms with E-state index in [2.05, 4.69) is 72.8 Å². The molecule has 0 fully saturated rings. The second-order valence-corrected chi connectivity index (χ2v) is 8.72. The summed E-state index contributed by atoms with van der Waals surface area (Å²) in [7, 11) is 0. The first-order valence-corrected chi connectivity index (χ1v) is 11.8. The van der Waals surface area contributed by atoms with Gasteiger partial charge in [-0.25, -0.2) is 0 Å². The highest BCUT2D eigenvalue weighted by atomic mass is 16.5. The topological polar surface area (TPSA) is 35.5 Å². The third kappa shape index (κ3) is 4.89. The van der Waals surface area contributed by atoms with E-state index in [4.69, 9.17) is 9.47 Å². The van der Waals surface area contributed by atoms with Crippen LogP contribution in [-0.4, -0.2) is 12.9 Å². The zero-order valence-electron chi connectivity index (χ0n) is 19.1. The standard InChI is InChI=1S/C31H28O3/c32-19-20-33-27-14-11-25(12-15-27)31-29(24-9-5-2-6-10-24)17-13-26-21-28(16-18-30(26)31)34-22-23-7-3-1-4-8-23/h1-12,14-16,18-19,21,29,31H,13,17,20,22H2/t29-,31+/m1/s1. The summed E-state index contributed by atoms with van der Waals surface area (Å²) in [6.07, 6.45) is 2.87. The highest BCUT2D eigenvalue weighted by Crippen LogP contribution is 2.47. The second kappa shape index (κ2) is 10.4. The van der Waals surface area contributed by atoms with Gasteiger partial charge < -0.3 is 9.47 Å². The summed E-state index contributed by atoms with van der Waals surface area (Å²) in [5.74, 6) is 2.27. The summed E-state index contributed by atoms with van der Waals surface area (Å²) in [6, 6.07) is 35.8. The molecule has 0 unspecified atom stereocenters. The maximum Gasteiger partial charge on any atom is 0.157 e. The molecule has 0 amide bonds. The van der Waals surface area contributed by atoms with Crippen molar-refractivity contribution in [3.63, 3.8) is 0 Å². The van der Waals surface area contributed by atoms with Crippen LogP contribution in [0.1, 0.15) is 46.1 Å². The predicted octanol–water partition coefficient (Wildman–Crippen LogP) is 6.71. The van der Waals surface area contributed by atoms with Gasteiger partial charge in [-0.3, -0.25) is 4.79 Å². The molecule has 3 heteroatoms. The highest BCUT2D eigenvalue weighted by molar-refractivity contribution is 5.52. The fraction of sp³-hybridized carbons (Fsp3) is 0.194. The molecule has 0 N–H and O–H groups in total. The van der Waals surface area contributed by atoms with Crippen molar-refractivity contribution in [3.05, 3.63) is 131 Å². The highest BCUT2D eigenvalue weighted by Gasteiger charge is 2.32. The minimum atomic E-state index is 0.0734. The first kappa shape index (κ1) is 22.0. The van der Waals surface area contributed by atoms with Crippen LogP contribution in [0.3, 0.4) is 0 Å². The van der Waals surface area contributed by atoms with E-state index in [1.807, 2.05) is 30.3 Å². The Labute approximate surface area is 201 Å². The monoisotopic (exact) mass is 448 g/mol. The SMILES string of the molecule is O=CCOc1ccc([C@@H]2c3ccc(OCc4ccccc4)cc3CC[C@@H]2c2ccccc2)cc1. The fourth-order valence-corrected chi connectivity index (χ4v) is 5.00. The van der Waals surface area contributed by atoms with Crippen molar-refractivity contribution in [2.75, 3.05) is 6.61 Å². The van der Waals surface area contributed by atoms with E-state index in [0.717, 1.165) is 24.9 Å². The van der Waals surface area contributed by atoms with Crippen molar-refractivity contribution >= 4 is 6.29 Å². The van der Waals surface area contributed by atoms with Gasteiger partial charge in [-0.05, 0) is 70.8 Å². The van der Waals surface area contributed by atoms with Crippen LogP contribution < -0.4 is 9.47 Å². The van der Waals surface area contributed by atoms with Crippen LogP contribution >= 0.6 is 0 Å². The molecule has 4 aromatic rings. The Morgan fingerprint density at radius 1 is 0.735 bits per heavy atom. The maximum atomic E-state index is 10.6. The van der Waals surface area contributed by atoms with Crippen LogP contribution in [0.15, 0.2) is 103 Å². The lowest BCUT2D eigenvalue weighted by molar-refractivity contribution is -0.109. The Morgan fingerprint density at radius 3 is 2.18 bits per heavy atom. The smallest absolute Gasteiger partial charge is 0.157 e. The molecular weight excluding hydrogens is 420 g/mol. The molecule has 170 valence electrons. The van der Waals surface area contributed by atoms with Crippen LogP contribution in [0.2, 0.25) is 0 Å². The molecule has 1 aliphatic carbocycles. The number of hydrogen-bond acceptors (Lipinski definition) is 3. The van der Waals surface area contributed by atoms with Crippen molar-refractivity contribution in [2.45, 2.75) is 31.3 Å². The van der Waals surface area contributed by atoms with E-state index in [1.54, 1.807) is 0 Å². The molecular formula is C31H28O3. The molecule has 1 aliphatic rings. The van der Waals surface area contributed by atoms with Crippen LogP contribution in [0.25, 0.3) is 0 Å². The van der Waals surface area contributed by atoms with E-state index in [0.29, 0.717) is 18.3 Å². The van der Waals surface area contributed by atoms with E-state index in [1.165, 1.54) is 27.8 Å². The molecule has 0 heterocycles. The third-order valence-electron chi connectivity index (χ3n) is 6.61. The molecule has 0 aromatic heterocycles. The van der Waals surface area contributed by atoms with Crippen molar-refractivity contribution in [1.82, 2.24) is 0 Å². The molecule has 0 aliphatic heterocycles. The fourth-order valence-electron chi connectivity index (χ4n) is 5.00. The zero-order valence-corrected chi connectivity index (χ0v) is 19.1. The first-order valence-electron chi connectivity index (χ1n) is 11.8. The summed E-state index contributed by atoms with van der Waals surface area (Å²) in [4.78, 5) is 10.6. The van der Waals surface area contributed by atoms with Crippen LogP contribution in [-0.2, 0) is 17.8 Å². The number of hydrogen-bond donors (Lipinski definition) is 0. The lowest BCUT2D eigenvalue weighted by Crippen LogP contribution is -2.20. The molecule has 0 bridgehead atoms. The number of carbonyl (C=O) groups is 1. The molecule has 0 spiro atoms. The molecule has 0 saturated carbocycles. The van der Waals surface area contributed by atoms with Crippen LogP contribution in [0.4, 0.5) is 0 Å². The lowest BCUT2D eigenvalue weighted by atomic mass is 9.69. The Hall–Kier alpha value is -3.85. The summed E-state index contributed by atoms with van der Waals surface area (Å²) < 4.78 is 11.6. The summed E-state index contributed by atoms with van der Waals surface area (Å²) in [5, 5.41) is 0. The number of aryl methyl sites for hydroxylation is 1. The number of aldehydes is 1. The molecule has 34 heavy (non-hydrogen) atoms. The van der Waals surface area contributed by atoms with Gasteiger partial charge in [0.1, 0.15) is 24.7 Å². The first-order chi connectivity index (χ1) is 16.8. The summed E-state index contributed by atoms with van der Waals surface area (Å²) in [6.45, 7) is 0.641. The van der Waals surface area contributed by atoms with E-state index in [9.17, 15) is 4.79 Å². The largest absolute Gasteiger partial charge is 0.489 e. The average molecular weight is 449 g/mol. The number of rotatable bonds is 8. The van der Waals surface area contributed by atoms with Gasteiger partial charge in [0, 0.05) is 5.92 Å². The summed E-state index contributed by atoms with van der Waals surface area (Å²) in [5.41, 5.74) is 6.49. The number of ether oxygens (including phenoxy) is 2. The Bertz CT molecular complexity index is 1220. The number of benzene rings is 4. The van der Waals surface area contributed by atoms with Crippen molar-refractivity contribution in [1.29, 1.82) is 0 Å². The number of carbonyl (C=O) groups excluding carboxylic acids is 1. The van der Waals surface area contributed by atoms with E-state index in [-0.39, 0.29) is 12.5 Å². The van der Waals surface area contributed by atoms with Crippen molar-refractivity contribution in [3.8, 4) is 11.5 Å². The normalized spacial score (nSPS) is 16.9. The molecule has 0 saturated heterocycles. The minimum absolute atomic E-state index is 0.0734. The number of fused-ring (bicyclic) bond motifs is 1. The van der Waals surface area contributed by atoms with Gasteiger partial charge in [0.05, 0.1) is 0 Å². The van der Waals surface area contributed by atoms with Crippen LogP contribution in [0.5, 0.6) is 11.5 Å². The van der Waals surface area contributed by atoms with Gasteiger partial charge in [0.15, 0.2) is 6.29 Å². The van der Waals surface area contributed by atoms with Crippen molar-refractivity contribution in [2.24, 2.45) is 0 Å². The molecule has 0 radical (unpaired) electrons. The predicted molar refractivity (Wildman–Crippen MR) is 135 cm³/mol. The second-order valence-electron chi connectivity index (χ2n) is 8.72. The Morgan fingerprint density at radius 2 is 1.44 bits per heavy atom. The van der Waals surface area contributed by atoms with Gasteiger partial charge in [-0.2, -0.15) is 0 Å². The van der Waals surface area contributed by atoms with Gasteiger partial charge >= 0.3 is 0 Å². The third-order valence-corrected chi connectivity index (χ3v) is 6.61. The van der Waals surface area contributed by atoms with Crippen molar-refractivity contribution < 1.29 is 14.3 Å². The molecule has 4 aromatic carbocycles. The van der Waals surface area contributed by atoms with E-state index < -0.39 is 0 Å². The van der Waals surface area contributed by atoms with Gasteiger partial charge in [-0.1, -0.05) is 78.9 Å². The van der Waals surface area contributed by atoms with E-state index >= 15 is 0 Å². The molecule has 2 atom stereocenters. The Kier molecular flexibility index (Phi) is 6.71. The van der Waals surface area contributed by atoms with Gasteiger partial charge in [0.2, 0.25) is 0 Å². The maximum absolute atomic E-state index is 10.6. The lowest BCUT2D eigenvalue weighted by Gasteiger charge is -2.35. The molecule has 5 rings (SSSR count). The summed E-state index contributed by atoms with van der Waals surface area (Å²) >= 11 is 0. The van der Waals surface area contributed by atoms with Gasteiger partial charge in [0.25, 0.3) is 0 Å².